The average molecular weight is 630 g/mol. The van der Waals surface area contributed by atoms with Gasteiger partial charge in [-0.15, -0.1) is 0 Å². The first-order chi connectivity index (χ1) is 20.9. The van der Waals surface area contributed by atoms with Crippen LogP contribution in [0.25, 0.3) is 5.65 Å². The number of benzene rings is 1. The molecule has 3 aromatic rings. The van der Waals surface area contributed by atoms with Gasteiger partial charge in [0.1, 0.15) is 12.4 Å². The van der Waals surface area contributed by atoms with Crippen molar-refractivity contribution in [1.29, 1.82) is 0 Å². The molecule has 0 N–H and O–H groups in total. The van der Waals surface area contributed by atoms with E-state index >= 15 is 0 Å². The van der Waals surface area contributed by atoms with E-state index in [1.165, 1.54) is 32.1 Å². The second-order valence-electron chi connectivity index (χ2n) is 12.9. The SMILES string of the molecule is CCCCCCCCCCC(Oc1ccc(N2CCS(=O)(=O)CC2)cc1)C(=O)OCC(C)(C)c1nn(C)c2c(C)c(C)nn12. The predicted molar refractivity (Wildman–Crippen MR) is 174 cm³/mol. The van der Waals surface area contributed by atoms with E-state index in [9.17, 15) is 13.2 Å². The Morgan fingerprint density at radius 2 is 1.57 bits per heavy atom. The zero-order chi connectivity index (χ0) is 31.9. The number of carbonyl (C=O) groups is 1. The Morgan fingerprint density at radius 1 is 0.955 bits per heavy atom. The summed E-state index contributed by atoms with van der Waals surface area (Å²) in [5.41, 5.74) is 3.33. The molecule has 4 rings (SSSR count). The van der Waals surface area contributed by atoms with Gasteiger partial charge in [0.05, 0.1) is 22.6 Å². The molecule has 1 saturated heterocycles. The van der Waals surface area contributed by atoms with Gasteiger partial charge in [0.25, 0.3) is 0 Å². The first-order valence-electron chi connectivity index (χ1n) is 16.2. The molecule has 1 aromatic carbocycles. The summed E-state index contributed by atoms with van der Waals surface area (Å²) in [7, 11) is -1.04. The topological polar surface area (TPSA) is 108 Å². The maximum atomic E-state index is 13.5. The predicted octanol–water partition coefficient (Wildman–Crippen LogP) is 5.72. The highest BCUT2D eigenvalue weighted by Gasteiger charge is 2.33. The monoisotopic (exact) mass is 629 g/mol. The molecule has 1 unspecified atom stereocenters. The third-order valence-electron chi connectivity index (χ3n) is 8.67. The van der Waals surface area contributed by atoms with Gasteiger partial charge in [0, 0.05) is 31.4 Å². The minimum atomic E-state index is -2.95. The third kappa shape index (κ3) is 8.55. The van der Waals surface area contributed by atoms with Gasteiger partial charge in [-0.25, -0.2) is 17.9 Å². The molecule has 44 heavy (non-hydrogen) atoms. The van der Waals surface area contributed by atoms with E-state index in [0.29, 0.717) is 25.3 Å². The number of fused-ring (bicyclic) bond motifs is 1. The lowest BCUT2D eigenvalue weighted by Gasteiger charge is -2.29. The van der Waals surface area contributed by atoms with Gasteiger partial charge < -0.3 is 14.4 Å². The summed E-state index contributed by atoms with van der Waals surface area (Å²) in [6.07, 6.45) is 9.22. The van der Waals surface area contributed by atoms with Crippen molar-refractivity contribution >= 4 is 27.1 Å². The second kappa shape index (κ2) is 14.8. The molecule has 0 amide bonds. The number of sulfone groups is 1. The van der Waals surface area contributed by atoms with Crippen molar-refractivity contribution in [2.75, 3.05) is 36.1 Å². The van der Waals surface area contributed by atoms with Crippen LogP contribution in [-0.4, -0.2) is 71.1 Å². The quantitative estimate of drug-likeness (QED) is 0.146. The van der Waals surface area contributed by atoms with Gasteiger partial charge in [0.2, 0.25) is 0 Å². The zero-order valence-corrected chi connectivity index (χ0v) is 28.3. The molecule has 0 aliphatic carbocycles. The largest absolute Gasteiger partial charge is 0.479 e. The number of aromatic nitrogens is 4. The Bertz CT molecular complexity index is 1480. The van der Waals surface area contributed by atoms with Gasteiger partial charge in [0.15, 0.2) is 27.4 Å². The normalized spacial score (nSPS) is 15.9. The molecule has 1 aliphatic rings. The van der Waals surface area contributed by atoms with E-state index in [1.54, 1.807) is 0 Å². The molecular formula is C33H51N5O5S. The number of ether oxygens (including phenoxy) is 2. The van der Waals surface area contributed by atoms with Crippen molar-refractivity contribution in [3.63, 3.8) is 0 Å². The molecule has 1 fully saturated rings. The number of anilines is 1. The number of hydrogen-bond acceptors (Lipinski definition) is 8. The fourth-order valence-corrected chi connectivity index (χ4v) is 6.94. The maximum Gasteiger partial charge on any atom is 0.347 e. The zero-order valence-electron chi connectivity index (χ0n) is 27.5. The van der Waals surface area contributed by atoms with Crippen LogP contribution >= 0.6 is 0 Å². The van der Waals surface area contributed by atoms with Crippen LogP contribution in [0.2, 0.25) is 0 Å². The molecule has 1 atom stereocenters. The number of hydrogen-bond donors (Lipinski definition) is 0. The average Bonchev–Trinajstić information content (AvgIpc) is 3.48. The van der Waals surface area contributed by atoms with Crippen molar-refractivity contribution in [3.05, 3.63) is 41.3 Å². The summed E-state index contributed by atoms with van der Waals surface area (Å²) in [6, 6.07) is 7.55. The highest BCUT2D eigenvalue weighted by atomic mass is 32.2. The molecule has 2 aromatic heterocycles. The van der Waals surface area contributed by atoms with Crippen LogP contribution in [0.5, 0.6) is 5.75 Å². The van der Waals surface area contributed by atoms with Gasteiger partial charge in [-0.1, -0.05) is 51.9 Å². The standard InChI is InChI=1S/C33H51N5O5S/c1-7-8-9-10-11-12-13-14-15-29(43-28-18-16-27(17-19-28)37-20-22-44(40,41)23-21-37)31(39)42-24-33(4,5)32-35-36(6)30-25(2)26(3)34-38(30)32/h16-19,29H,7-15,20-24H2,1-6H3. The fourth-order valence-electron chi connectivity index (χ4n) is 5.74. The van der Waals surface area contributed by atoms with Crippen molar-refractivity contribution < 1.29 is 22.7 Å². The van der Waals surface area contributed by atoms with Gasteiger partial charge in [-0.05, 0) is 64.8 Å². The summed E-state index contributed by atoms with van der Waals surface area (Å²) in [4.78, 5) is 15.6. The summed E-state index contributed by atoms with van der Waals surface area (Å²) < 4.78 is 39.5. The van der Waals surface area contributed by atoms with E-state index in [1.807, 2.05) is 68.2 Å². The number of esters is 1. The smallest absolute Gasteiger partial charge is 0.347 e. The first-order valence-corrected chi connectivity index (χ1v) is 18.0. The Labute approximate surface area is 263 Å². The number of carbonyl (C=O) groups excluding carboxylic acids is 1. The van der Waals surface area contributed by atoms with Crippen molar-refractivity contribution in [3.8, 4) is 5.75 Å². The molecule has 10 nitrogen and oxygen atoms in total. The second-order valence-corrected chi connectivity index (χ2v) is 15.2. The lowest BCUT2D eigenvalue weighted by molar-refractivity contribution is -0.154. The van der Waals surface area contributed by atoms with Crippen molar-refractivity contribution in [2.45, 2.75) is 104 Å². The van der Waals surface area contributed by atoms with Gasteiger partial charge >= 0.3 is 5.97 Å². The number of aryl methyl sites for hydroxylation is 3. The van der Waals surface area contributed by atoms with Gasteiger partial charge in [-0.3, -0.25) is 0 Å². The summed E-state index contributed by atoms with van der Waals surface area (Å²) in [6.45, 7) is 11.4. The highest BCUT2D eigenvalue weighted by Crippen LogP contribution is 2.27. The molecule has 244 valence electrons. The first kappa shape index (κ1) is 33.8. The van der Waals surface area contributed by atoms with E-state index in [0.717, 1.165) is 47.7 Å². The molecule has 1 aliphatic heterocycles. The minimum absolute atomic E-state index is 0.143. The lowest BCUT2D eigenvalue weighted by atomic mass is 9.94. The number of rotatable bonds is 16. The van der Waals surface area contributed by atoms with Crippen LogP contribution in [0.3, 0.4) is 0 Å². The Hall–Kier alpha value is -3.08. The fraction of sp³-hybridized carbons (Fsp3) is 0.667. The Balaban J connectivity index is 1.40. The number of unbranched alkanes of at least 4 members (excludes halogenated alkanes) is 7. The Morgan fingerprint density at radius 3 is 2.20 bits per heavy atom. The van der Waals surface area contributed by atoms with E-state index in [2.05, 4.69) is 16.9 Å². The van der Waals surface area contributed by atoms with Crippen LogP contribution < -0.4 is 9.64 Å². The van der Waals surface area contributed by atoms with Crippen molar-refractivity contribution in [2.24, 2.45) is 7.05 Å². The van der Waals surface area contributed by atoms with Crippen LogP contribution in [0, 0.1) is 13.8 Å². The van der Waals surface area contributed by atoms with Crippen molar-refractivity contribution in [1.82, 2.24) is 19.4 Å². The van der Waals surface area contributed by atoms with Crippen LogP contribution in [0.4, 0.5) is 5.69 Å². The lowest BCUT2D eigenvalue weighted by Crippen LogP contribution is -2.40. The molecule has 11 heteroatoms. The van der Waals surface area contributed by atoms with Crippen LogP contribution in [0.15, 0.2) is 24.3 Å². The summed E-state index contributed by atoms with van der Waals surface area (Å²) in [5.74, 6) is 1.27. The molecule has 0 bridgehead atoms. The molecule has 0 spiro atoms. The van der Waals surface area contributed by atoms with Crippen LogP contribution in [0.1, 0.15) is 95.6 Å². The van der Waals surface area contributed by atoms with Crippen LogP contribution in [-0.2, 0) is 31.8 Å². The molecule has 0 saturated carbocycles. The van der Waals surface area contributed by atoms with Gasteiger partial charge in [-0.2, -0.15) is 14.7 Å². The maximum absolute atomic E-state index is 13.5. The molecule has 3 heterocycles. The third-order valence-corrected chi connectivity index (χ3v) is 10.3. The summed E-state index contributed by atoms with van der Waals surface area (Å²) >= 11 is 0. The van der Waals surface area contributed by atoms with E-state index in [4.69, 9.17) is 14.6 Å². The molecule has 0 radical (unpaired) electrons. The number of nitrogens with zero attached hydrogens (tertiary/aromatic N) is 5. The summed E-state index contributed by atoms with van der Waals surface area (Å²) in [5, 5.41) is 9.40. The van der Waals surface area contributed by atoms with E-state index < -0.39 is 21.4 Å². The molecular weight excluding hydrogens is 578 g/mol. The highest BCUT2D eigenvalue weighted by molar-refractivity contribution is 7.91. The Kier molecular flexibility index (Phi) is 11.4. The minimum Gasteiger partial charge on any atom is -0.479 e. The van der Waals surface area contributed by atoms with E-state index in [-0.39, 0.29) is 24.1 Å².